The van der Waals surface area contributed by atoms with Crippen molar-refractivity contribution in [1.82, 2.24) is 9.88 Å². The first-order valence-corrected chi connectivity index (χ1v) is 11.2. The number of pyridine rings is 1. The van der Waals surface area contributed by atoms with Crippen molar-refractivity contribution in [2.24, 2.45) is 28.6 Å². The van der Waals surface area contributed by atoms with Gasteiger partial charge in [0, 0.05) is 23.2 Å². The van der Waals surface area contributed by atoms with Gasteiger partial charge in [-0.3, -0.25) is 14.6 Å². The Morgan fingerprint density at radius 3 is 2.50 bits per heavy atom. The van der Waals surface area contributed by atoms with Crippen molar-refractivity contribution in [3.05, 3.63) is 42.1 Å². The second-order valence-corrected chi connectivity index (χ2v) is 10.8. The van der Waals surface area contributed by atoms with E-state index in [1.54, 1.807) is 0 Å². The van der Waals surface area contributed by atoms with Gasteiger partial charge in [0.2, 0.25) is 5.91 Å². The van der Waals surface area contributed by atoms with Crippen molar-refractivity contribution in [3.63, 3.8) is 0 Å². The maximum absolute atomic E-state index is 13.4. The average molecular weight is 405 g/mol. The third-order valence-electron chi connectivity index (χ3n) is 8.70. The lowest BCUT2D eigenvalue weighted by atomic mass is 9.47. The monoisotopic (exact) mass is 404 g/mol. The van der Waals surface area contributed by atoms with Crippen LogP contribution in [0.2, 0.25) is 0 Å². The Labute approximate surface area is 176 Å². The number of carboxylic acid groups (broad SMARTS) is 1. The molecule has 1 N–H and O–H groups in total. The van der Waals surface area contributed by atoms with Crippen LogP contribution in [0.5, 0.6) is 0 Å². The van der Waals surface area contributed by atoms with E-state index in [0.29, 0.717) is 17.8 Å². The van der Waals surface area contributed by atoms with E-state index < -0.39 is 16.8 Å². The standard InChI is InChI=1S/C25H28N2O3/c1-24(2)21(18-7-3-5-15-6-4-8-26-19(15)18)27(22(24)28)20-16-9-14-10-17(20)13-25(11-14,12-16)23(29)30/h3-8,14,16-17,20-21H,9-13H2,1-2H3,(H,29,30). The van der Waals surface area contributed by atoms with Crippen LogP contribution in [0, 0.1) is 28.6 Å². The number of carbonyl (C=O) groups is 2. The predicted octanol–water partition coefficient (Wildman–Crippen LogP) is 4.42. The number of aromatic nitrogens is 1. The minimum Gasteiger partial charge on any atom is -0.481 e. The molecule has 4 saturated carbocycles. The molecule has 156 valence electrons. The zero-order valence-electron chi connectivity index (χ0n) is 17.5. The first-order chi connectivity index (χ1) is 14.3. The van der Waals surface area contributed by atoms with E-state index >= 15 is 0 Å². The summed E-state index contributed by atoms with van der Waals surface area (Å²) in [4.78, 5) is 32.4. The van der Waals surface area contributed by atoms with E-state index in [1.165, 1.54) is 0 Å². The fourth-order valence-corrected chi connectivity index (χ4v) is 7.76. The summed E-state index contributed by atoms with van der Waals surface area (Å²) in [7, 11) is 0. The highest BCUT2D eigenvalue weighted by Gasteiger charge is 2.65. The van der Waals surface area contributed by atoms with Gasteiger partial charge in [-0.25, -0.2) is 0 Å². The molecule has 0 spiro atoms. The molecular weight excluding hydrogens is 376 g/mol. The molecule has 3 atom stereocenters. The molecule has 5 aliphatic rings. The summed E-state index contributed by atoms with van der Waals surface area (Å²) in [6.07, 6.45) is 6.25. The highest BCUT2D eigenvalue weighted by atomic mass is 16.4. The number of β-lactam (4-membered cyclic amide) rings is 1. The predicted molar refractivity (Wildman–Crippen MR) is 113 cm³/mol. The number of aliphatic carboxylic acids is 1. The second-order valence-electron chi connectivity index (χ2n) is 10.8. The van der Waals surface area contributed by atoms with E-state index in [-0.39, 0.29) is 18.0 Å². The van der Waals surface area contributed by atoms with Crippen LogP contribution in [0.4, 0.5) is 0 Å². The van der Waals surface area contributed by atoms with Crippen molar-refractivity contribution >= 4 is 22.8 Å². The molecule has 1 saturated heterocycles. The molecule has 5 fully saturated rings. The summed E-state index contributed by atoms with van der Waals surface area (Å²) in [6, 6.07) is 10.4. The third kappa shape index (κ3) is 2.21. The van der Waals surface area contributed by atoms with E-state index in [0.717, 1.165) is 48.6 Å². The molecule has 7 rings (SSSR count). The normalized spacial score (nSPS) is 38.7. The van der Waals surface area contributed by atoms with Crippen LogP contribution in [-0.2, 0) is 9.59 Å². The number of rotatable bonds is 3. The first-order valence-electron chi connectivity index (χ1n) is 11.2. The number of amides is 1. The fraction of sp³-hybridized carbons (Fsp3) is 0.560. The van der Waals surface area contributed by atoms with Crippen molar-refractivity contribution in [1.29, 1.82) is 0 Å². The highest BCUT2D eigenvalue weighted by molar-refractivity contribution is 5.93. The summed E-state index contributed by atoms with van der Waals surface area (Å²) >= 11 is 0. The molecule has 1 aliphatic heterocycles. The molecule has 2 aromatic rings. The van der Waals surface area contributed by atoms with Crippen LogP contribution in [0.3, 0.4) is 0 Å². The van der Waals surface area contributed by atoms with Gasteiger partial charge in [0.1, 0.15) is 0 Å². The van der Waals surface area contributed by atoms with Crippen LogP contribution in [0.15, 0.2) is 36.5 Å². The number of benzene rings is 1. The Kier molecular flexibility index (Phi) is 3.57. The zero-order chi connectivity index (χ0) is 20.8. The van der Waals surface area contributed by atoms with E-state index in [1.807, 2.05) is 26.1 Å². The summed E-state index contributed by atoms with van der Waals surface area (Å²) in [5.41, 5.74) is 1.08. The number of para-hydroxylation sites is 1. The van der Waals surface area contributed by atoms with Gasteiger partial charge in [-0.2, -0.15) is 0 Å². The molecular formula is C25H28N2O3. The lowest BCUT2D eigenvalue weighted by Crippen LogP contribution is -2.70. The Morgan fingerprint density at radius 1 is 1.10 bits per heavy atom. The number of fused-ring (bicyclic) bond motifs is 1. The van der Waals surface area contributed by atoms with Crippen LogP contribution >= 0.6 is 0 Å². The Hall–Kier alpha value is -2.43. The first kappa shape index (κ1) is 18.3. The molecule has 1 amide bonds. The quantitative estimate of drug-likeness (QED) is 0.769. The van der Waals surface area contributed by atoms with Gasteiger partial charge in [-0.05, 0) is 69.8 Å². The average Bonchev–Trinajstić information content (AvgIpc) is 2.71. The lowest BCUT2D eigenvalue weighted by Gasteiger charge is -2.66. The second kappa shape index (κ2) is 5.83. The van der Waals surface area contributed by atoms with Crippen molar-refractivity contribution in [2.45, 2.75) is 58.0 Å². The largest absolute Gasteiger partial charge is 0.481 e. The van der Waals surface area contributed by atoms with Crippen molar-refractivity contribution in [2.75, 3.05) is 0 Å². The maximum Gasteiger partial charge on any atom is 0.309 e. The molecule has 1 aromatic carbocycles. The van der Waals surface area contributed by atoms with Crippen LogP contribution in [-0.4, -0.2) is 32.9 Å². The molecule has 5 heteroatoms. The van der Waals surface area contributed by atoms with Crippen LogP contribution in [0.25, 0.3) is 10.9 Å². The highest BCUT2D eigenvalue weighted by Crippen LogP contribution is 2.64. The lowest BCUT2D eigenvalue weighted by molar-refractivity contribution is -0.202. The Morgan fingerprint density at radius 2 is 1.80 bits per heavy atom. The van der Waals surface area contributed by atoms with E-state index in [2.05, 4.69) is 34.1 Å². The topological polar surface area (TPSA) is 70.5 Å². The molecule has 2 heterocycles. The van der Waals surface area contributed by atoms with Gasteiger partial charge in [0.15, 0.2) is 0 Å². The fourth-order valence-electron chi connectivity index (χ4n) is 7.76. The van der Waals surface area contributed by atoms with Crippen LogP contribution < -0.4 is 0 Å². The van der Waals surface area contributed by atoms with Gasteiger partial charge >= 0.3 is 5.97 Å². The smallest absolute Gasteiger partial charge is 0.309 e. The number of carboxylic acids is 1. The molecule has 4 aliphatic carbocycles. The third-order valence-corrected chi connectivity index (χ3v) is 8.70. The van der Waals surface area contributed by atoms with Gasteiger partial charge in [-0.1, -0.05) is 24.3 Å². The summed E-state index contributed by atoms with van der Waals surface area (Å²) in [5.74, 6) is 0.709. The van der Waals surface area contributed by atoms with Gasteiger partial charge in [-0.15, -0.1) is 0 Å². The molecule has 0 radical (unpaired) electrons. The molecule has 3 unspecified atom stereocenters. The SMILES string of the molecule is CC1(C)C(=O)N(C2C3CC4CC2CC(C(=O)O)(C4)C3)C1c1cccc2cccnc12. The molecule has 30 heavy (non-hydrogen) atoms. The van der Waals surface area contributed by atoms with Crippen molar-refractivity contribution < 1.29 is 14.7 Å². The Bertz CT molecular complexity index is 1060. The number of hydrogen-bond donors (Lipinski definition) is 1. The Balaban J connectivity index is 1.42. The van der Waals surface area contributed by atoms with Gasteiger partial charge in [0.05, 0.1) is 22.4 Å². The molecule has 1 aromatic heterocycles. The number of nitrogens with zero attached hydrogens (tertiary/aromatic N) is 2. The zero-order valence-corrected chi connectivity index (χ0v) is 17.5. The summed E-state index contributed by atoms with van der Waals surface area (Å²) < 4.78 is 0. The van der Waals surface area contributed by atoms with Gasteiger partial charge in [0.25, 0.3) is 0 Å². The summed E-state index contributed by atoms with van der Waals surface area (Å²) in [5, 5.41) is 11.1. The minimum absolute atomic E-state index is 0.00750. The van der Waals surface area contributed by atoms with E-state index in [4.69, 9.17) is 0 Å². The number of carbonyl (C=O) groups excluding carboxylic acids is 1. The molecule has 5 nitrogen and oxygen atoms in total. The molecule has 4 bridgehead atoms. The van der Waals surface area contributed by atoms with E-state index in [9.17, 15) is 14.7 Å². The minimum atomic E-state index is -0.620. The number of likely N-dealkylation sites (tertiary alicyclic amines) is 1. The van der Waals surface area contributed by atoms with Crippen molar-refractivity contribution in [3.8, 4) is 0 Å². The maximum atomic E-state index is 13.4. The van der Waals surface area contributed by atoms with Gasteiger partial charge < -0.3 is 10.0 Å². The number of hydrogen-bond acceptors (Lipinski definition) is 3. The van der Waals surface area contributed by atoms with Crippen LogP contribution in [0.1, 0.15) is 57.6 Å². The summed E-state index contributed by atoms with van der Waals surface area (Å²) in [6.45, 7) is 4.10.